The minimum atomic E-state index is -1.14. The lowest BCUT2D eigenvalue weighted by molar-refractivity contribution is -0.0744. The summed E-state index contributed by atoms with van der Waals surface area (Å²) in [6.45, 7) is 0.108. The first-order valence-electron chi connectivity index (χ1n) is 7.37. The van der Waals surface area contributed by atoms with Gasteiger partial charge >= 0.3 is 5.69 Å². The summed E-state index contributed by atoms with van der Waals surface area (Å²) in [5.41, 5.74) is 9.17. The largest absolute Gasteiger partial charge is 0.394 e. The van der Waals surface area contributed by atoms with Crippen LogP contribution in [0.15, 0.2) is 26.8 Å². The molecule has 2 rings (SSSR count). The monoisotopic (exact) mass is 343 g/mol. The Morgan fingerprint density at radius 3 is 2.83 bits per heavy atom. The van der Waals surface area contributed by atoms with E-state index in [4.69, 9.17) is 20.9 Å². The van der Waals surface area contributed by atoms with Crippen LogP contribution in [0.25, 0.3) is 0 Å². The number of H-pyrrole nitrogens is 1. The van der Waals surface area contributed by atoms with E-state index in [0.717, 1.165) is 10.6 Å². The number of aliphatic hydroxyl groups excluding tert-OH is 2. The molecule has 1 aromatic heterocycles. The van der Waals surface area contributed by atoms with E-state index in [1.165, 1.54) is 6.20 Å². The minimum Gasteiger partial charge on any atom is -0.394 e. The molecule has 1 saturated heterocycles. The third-order valence-electron chi connectivity index (χ3n) is 3.53. The van der Waals surface area contributed by atoms with Gasteiger partial charge in [0.1, 0.15) is 18.3 Å². The second kappa shape index (κ2) is 8.06. The number of nitrogens with two attached hydrogens (primary N) is 2. The Bertz CT molecular complexity index is 682. The Morgan fingerprint density at radius 1 is 1.46 bits per heavy atom. The number of aromatic nitrogens is 2. The van der Waals surface area contributed by atoms with Crippen molar-refractivity contribution < 1.29 is 19.7 Å². The molecule has 0 amide bonds. The molecule has 7 N–H and O–H groups in total. The molecule has 0 spiro atoms. The fourth-order valence-electron chi connectivity index (χ4n) is 2.39. The van der Waals surface area contributed by atoms with Crippen LogP contribution in [-0.2, 0) is 9.47 Å². The molecule has 1 aliphatic heterocycles. The van der Waals surface area contributed by atoms with Gasteiger partial charge in [0.15, 0.2) is 12.2 Å². The molecule has 0 bridgehead atoms. The lowest BCUT2D eigenvalue weighted by Gasteiger charge is -2.22. The smallest absolute Gasteiger partial charge is 0.330 e. The van der Waals surface area contributed by atoms with E-state index < -0.39 is 42.4 Å². The fourth-order valence-corrected chi connectivity index (χ4v) is 2.39. The number of nitrogens with zero attached hydrogens (tertiary/aromatic N) is 2. The van der Waals surface area contributed by atoms with E-state index in [0.29, 0.717) is 13.0 Å². The van der Waals surface area contributed by atoms with Crippen molar-refractivity contribution in [3.63, 3.8) is 0 Å². The van der Waals surface area contributed by atoms with Gasteiger partial charge in [-0.2, -0.15) is 0 Å². The first-order valence-corrected chi connectivity index (χ1v) is 7.37. The number of hydrogen-bond donors (Lipinski definition) is 5. The number of guanidine groups is 1. The van der Waals surface area contributed by atoms with Crippen LogP contribution in [-0.4, -0.2) is 63.8 Å². The zero-order valence-electron chi connectivity index (χ0n) is 12.9. The van der Waals surface area contributed by atoms with Crippen LogP contribution >= 0.6 is 0 Å². The molecule has 2 heterocycles. The first kappa shape index (κ1) is 18.1. The molecular formula is C13H21N5O6. The maximum absolute atomic E-state index is 11.9. The molecule has 24 heavy (non-hydrogen) atoms. The summed E-state index contributed by atoms with van der Waals surface area (Å²) in [4.78, 5) is 29.0. The fraction of sp³-hybridized carbons (Fsp3) is 0.615. The van der Waals surface area contributed by atoms with Gasteiger partial charge in [-0.25, -0.2) is 4.79 Å². The van der Waals surface area contributed by atoms with Gasteiger partial charge in [-0.3, -0.25) is 19.3 Å². The van der Waals surface area contributed by atoms with Gasteiger partial charge in [-0.15, -0.1) is 0 Å². The number of hydrogen-bond acceptors (Lipinski definition) is 7. The highest BCUT2D eigenvalue weighted by atomic mass is 16.6. The van der Waals surface area contributed by atoms with Gasteiger partial charge in [0.25, 0.3) is 5.56 Å². The van der Waals surface area contributed by atoms with Crippen molar-refractivity contribution >= 4 is 5.96 Å². The van der Waals surface area contributed by atoms with E-state index in [2.05, 4.69) is 9.98 Å². The van der Waals surface area contributed by atoms with Crippen LogP contribution in [0.3, 0.4) is 0 Å². The minimum absolute atomic E-state index is 0.0303. The second-order valence-electron chi connectivity index (χ2n) is 5.25. The molecule has 0 aliphatic carbocycles. The van der Waals surface area contributed by atoms with Gasteiger partial charge in [0, 0.05) is 25.4 Å². The number of rotatable bonds is 7. The summed E-state index contributed by atoms with van der Waals surface area (Å²) in [7, 11) is 0. The number of aliphatic hydroxyl groups is 2. The third kappa shape index (κ3) is 4.20. The SMILES string of the molecule is NC(N)=NCCCO[C@@H]1[C@H](O)[C@@H](CO)O[C@H]1n1ccc(=O)[nH]c1=O. The predicted octanol–water partition coefficient (Wildman–Crippen LogP) is -3.16. The average molecular weight is 343 g/mol. The number of nitrogens with one attached hydrogen (secondary N) is 1. The van der Waals surface area contributed by atoms with Gasteiger partial charge in [-0.05, 0) is 6.42 Å². The Morgan fingerprint density at radius 2 is 2.21 bits per heavy atom. The lowest BCUT2D eigenvalue weighted by atomic mass is 10.1. The summed E-state index contributed by atoms with van der Waals surface area (Å²) in [6, 6.07) is 1.15. The Labute approximate surface area is 136 Å². The third-order valence-corrected chi connectivity index (χ3v) is 3.53. The van der Waals surface area contributed by atoms with Crippen LogP contribution < -0.4 is 22.7 Å². The van der Waals surface area contributed by atoms with Crippen LogP contribution in [0.4, 0.5) is 0 Å². The van der Waals surface area contributed by atoms with Crippen LogP contribution in [0.2, 0.25) is 0 Å². The summed E-state index contributed by atoms with van der Waals surface area (Å²) < 4.78 is 12.2. The van der Waals surface area contributed by atoms with Crippen molar-refractivity contribution in [3.05, 3.63) is 33.1 Å². The predicted molar refractivity (Wildman–Crippen MR) is 83.4 cm³/mol. The molecule has 0 unspecified atom stereocenters. The van der Waals surface area contributed by atoms with Gasteiger partial charge in [-0.1, -0.05) is 0 Å². The standard InChI is InChI=1S/C13H21N5O6/c14-12(15)16-3-1-5-23-10-9(21)7(6-19)24-11(10)18-4-2-8(20)17-13(18)22/h2,4,7,9-11,19,21H,1,3,5-6H2,(H4,14,15,16)(H,17,20,22)/t7-,9-,10-,11-/m1/s1. The van der Waals surface area contributed by atoms with Crippen molar-refractivity contribution in [1.82, 2.24) is 9.55 Å². The lowest BCUT2D eigenvalue weighted by Crippen LogP contribution is -2.39. The zero-order valence-corrected chi connectivity index (χ0v) is 12.9. The Balaban J connectivity index is 2.10. The quantitative estimate of drug-likeness (QED) is 0.195. The molecule has 0 saturated carbocycles. The van der Waals surface area contributed by atoms with E-state index in [1.807, 2.05) is 0 Å². The second-order valence-corrected chi connectivity index (χ2v) is 5.25. The highest BCUT2D eigenvalue weighted by Crippen LogP contribution is 2.30. The Hall–Kier alpha value is -2.21. The van der Waals surface area contributed by atoms with Crippen molar-refractivity contribution in [1.29, 1.82) is 0 Å². The van der Waals surface area contributed by atoms with Gasteiger partial charge in [0.2, 0.25) is 0 Å². The summed E-state index contributed by atoms with van der Waals surface area (Å²) in [6.07, 6.45) is -2.19. The number of aliphatic imine (C=N–C) groups is 1. The van der Waals surface area contributed by atoms with Crippen molar-refractivity contribution in [2.24, 2.45) is 16.5 Å². The van der Waals surface area contributed by atoms with E-state index >= 15 is 0 Å². The molecule has 1 aromatic rings. The Kier molecular flexibility index (Phi) is 6.09. The topological polar surface area (TPSA) is 178 Å². The molecule has 0 aromatic carbocycles. The van der Waals surface area contributed by atoms with E-state index in [1.54, 1.807) is 0 Å². The highest BCUT2D eigenvalue weighted by molar-refractivity contribution is 5.75. The maximum Gasteiger partial charge on any atom is 0.330 e. The van der Waals surface area contributed by atoms with Crippen molar-refractivity contribution in [2.45, 2.75) is 31.0 Å². The van der Waals surface area contributed by atoms with Gasteiger partial charge in [0.05, 0.1) is 6.61 Å². The highest BCUT2D eigenvalue weighted by Gasteiger charge is 2.45. The first-order chi connectivity index (χ1) is 11.4. The summed E-state index contributed by atoms with van der Waals surface area (Å²) in [5.74, 6) is -0.0303. The van der Waals surface area contributed by atoms with E-state index in [-0.39, 0.29) is 12.6 Å². The molecule has 11 heteroatoms. The van der Waals surface area contributed by atoms with E-state index in [9.17, 15) is 19.8 Å². The average Bonchev–Trinajstić information content (AvgIpc) is 2.83. The number of ether oxygens (including phenoxy) is 2. The van der Waals surface area contributed by atoms with Gasteiger partial charge < -0.3 is 31.2 Å². The maximum atomic E-state index is 11.9. The summed E-state index contributed by atoms with van der Waals surface area (Å²) in [5, 5.41) is 19.5. The molecule has 0 radical (unpaired) electrons. The molecule has 134 valence electrons. The molecule has 1 aliphatic rings. The van der Waals surface area contributed by atoms with Crippen LogP contribution in [0.5, 0.6) is 0 Å². The normalized spacial score (nSPS) is 26.4. The zero-order chi connectivity index (χ0) is 17.7. The summed E-state index contributed by atoms with van der Waals surface area (Å²) >= 11 is 0. The molecule has 11 nitrogen and oxygen atoms in total. The van der Waals surface area contributed by atoms with Crippen LogP contribution in [0, 0.1) is 0 Å². The molecule has 4 atom stereocenters. The van der Waals surface area contributed by atoms with Crippen LogP contribution in [0.1, 0.15) is 12.6 Å². The molecular weight excluding hydrogens is 322 g/mol. The molecule has 1 fully saturated rings. The number of aromatic amines is 1. The van der Waals surface area contributed by atoms with Crippen molar-refractivity contribution in [2.75, 3.05) is 19.8 Å². The van der Waals surface area contributed by atoms with Crippen molar-refractivity contribution in [3.8, 4) is 0 Å².